The average molecular weight is 243 g/mol. The molecular formula is C15H21N3. The van der Waals surface area contributed by atoms with Crippen LogP contribution in [0.1, 0.15) is 48.2 Å². The highest BCUT2D eigenvalue weighted by atomic mass is 15.1. The second-order valence-corrected chi connectivity index (χ2v) is 4.99. The van der Waals surface area contributed by atoms with E-state index in [0.717, 1.165) is 0 Å². The lowest BCUT2D eigenvalue weighted by atomic mass is 10.0. The van der Waals surface area contributed by atoms with Gasteiger partial charge in [-0.15, -0.1) is 0 Å². The predicted octanol–water partition coefficient (Wildman–Crippen LogP) is 3.44. The summed E-state index contributed by atoms with van der Waals surface area (Å²) in [6.07, 6.45) is 3.80. The number of H-pyrrole nitrogens is 1. The smallest absolute Gasteiger partial charge is 0.0534 e. The monoisotopic (exact) mass is 243 g/mol. The number of aromatic nitrogens is 2. The Bertz CT molecular complexity index is 502. The van der Waals surface area contributed by atoms with Gasteiger partial charge in [0.1, 0.15) is 0 Å². The minimum absolute atomic E-state index is 0.292. The molecule has 2 unspecified atom stereocenters. The van der Waals surface area contributed by atoms with E-state index in [4.69, 9.17) is 0 Å². The quantitative estimate of drug-likeness (QED) is 0.863. The van der Waals surface area contributed by atoms with Crippen LogP contribution in [0.2, 0.25) is 0 Å². The van der Waals surface area contributed by atoms with Crippen molar-refractivity contribution in [2.45, 2.75) is 39.8 Å². The van der Waals surface area contributed by atoms with Gasteiger partial charge in [0.25, 0.3) is 0 Å². The van der Waals surface area contributed by atoms with Crippen molar-refractivity contribution in [3.8, 4) is 0 Å². The van der Waals surface area contributed by atoms with Gasteiger partial charge in [-0.3, -0.25) is 5.10 Å². The van der Waals surface area contributed by atoms with Gasteiger partial charge in [-0.05, 0) is 44.4 Å². The Morgan fingerprint density at radius 1 is 1.06 bits per heavy atom. The summed E-state index contributed by atoms with van der Waals surface area (Å²) < 4.78 is 0. The molecule has 0 aliphatic heterocycles. The molecule has 2 atom stereocenters. The molecule has 0 spiro atoms. The van der Waals surface area contributed by atoms with Crippen LogP contribution < -0.4 is 5.32 Å². The molecule has 1 aromatic carbocycles. The average Bonchev–Trinajstić information content (AvgIpc) is 2.86. The SMILES string of the molecule is Cc1ccc(C(C)NC(C)c2cn[nH]c2)cc1C. The molecule has 1 aromatic heterocycles. The van der Waals surface area contributed by atoms with Crippen molar-refractivity contribution in [1.29, 1.82) is 0 Å². The number of nitrogens with one attached hydrogen (secondary N) is 2. The maximum Gasteiger partial charge on any atom is 0.0534 e. The first kappa shape index (κ1) is 12.8. The van der Waals surface area contributed by atoms with E-state index < -0.39 is 0 Å². The van der Waals surface area contributed by atoms with Crippen LogP contribution >= 0.6 is 0 Å². The van der Waals surface area contributed by atoms with E-state index >= 15 is 0 Å². The first-order valence-electron chi connectivity index (χ1n) is 6.40. The molecule has 2 aromatic rings. The lowest BCUT2D eigenvalue weighted by molar-refractivity contribution is 0.494. The number of aryl methyl sites for hydroxylation is 2. The molecule has 3 nitrogen and oxygen atoms in total. The zero-order valence-electron chi connectivity index (χ0n) is 11.5. The summed E-state index contributed by atoms with van der Waals surface area (Å²) in [4.78, 5) is 0. The van der Waals surface area contributed by atoms with E-state index in [2.05, 4.69) is 61.4 Å². The van der Waals surface area contributed by atoms with Crippen LogP contribution in [-0.2, 0) is 0 Å². The highest BCUT2D eigenvalue weighted by Gasteiger charge is 2.12. The van der Waals surface area contributed by atoms with Crippen LogP contribution in [0.25, 0.3) is 0 Å². The van der Waals surface area contributed by atoms with E-state index in [1.807, 2.05) is 12.4 Å². The fourth-order valence-electron chi connectivity index (χ4n) is 2.10. The van der Waals surface area contributed by atoms with Crippen molar-refractivity contribution in [1.82, 2.24) is 15.5 Å². The Morgan fingerprint density at radius 2 is 1.78 bits per heavy atom. The molecule has 2 rings (SSSR count). The number of hydrogen-bond acceptors (Lipinski definition) is 2. The third kappa shape index (κ3) is 2.79. The molecule has 0 aliphatic rings. The molecule has 0 saturated heterocycles. The highest BCUT2D eigenvalue weighted by molar-refractivity contribution is 5.31. The molecule has 0 radical (unpaired) electrons. The van der Waals surface area contributed by atoms with E-state index in [-0.39, 0.29) is 0 Å². The van der Waals surface area contributed by atoms with E-state index in [0.29, 0.717) is 12.1 Å². The maximum atomic E-state index is 3.98. The minimum atomic E-state index is 0.292. The summed E-state index contributed by atoms with van der Waals surface area (Å²) in [5, 5.41) is 10.4. The third-order valence-corrected chi connectivity index (χ3v) is 3.55. The second kappa shape index (κ2) is 5.36. The van der Waals surface area contributed by atoms with Crippen molar-refractivity contribution in [2.24, 2.45) is 0 Å². The fourth-order valence-corrected chi connectivity index (χ4v) is 2.10. The molecular weight excluding hydrogens is 222 g/mol. The zero-order chi connectivity index (χ0) is 13.1. The summed E-state index contributed by atoms with van der Waals surface area (Å²) in [5.74, 6) is 0. The van der Waals surface area contributed by atoms with Gasteiger partial charge in [0.05, 0.1) is 6.20 Å². The first-order valence-corrected chi connectivity index (χ1v) is 6.40. The van der Waals surface area contributed by atoms with Crippen LogP contribution in [-0.4, -0.2) is 10.2 Å². The summed E-state index contributed by atoms with van der Waals surface area (Å²) >= 11 is 0. The molecule has 0 saturated carbocycles. The number of nitrogens with zero attached hydrogens (tertiary/aromatic N) is 1. The van der Waals surface area contributed by atoms with Crippen molar-refractivity contribution in [3.05, 3.63) is 52.8 Å². The summed E-state index contributed by atoms with van der Waals surface area (Å²) in [6.45, 7) is 8.65. The Hall–Kier alpha value is -1.61. The highest BCUT2D eigenvalue weighted by Crippen LogP contribution is 2.20. The van der Waals surface area contributed by atoms with Gasteiger partial charge in [-0.25, -0.2) is 0 Å². The van der Waals surface area contributed by atoms with Crippen LogP contribution in [0.4, 0.5) is 0 Å². The normalized spacial score (nSPS) is 14.4. The van der Waals surface area contributed by atoms with Crippen molar-refractivity contribution in [2.75, 3.05) is 0 Å². The van der Waals surface area contributed by atoms with E-state index in [1.54, 1.807) is 0 Å². The molecule has 1 heterocycles. The molecule has 0 amide bonds. The first-order chi connectivity index (χ1) is 8.58. The Labute approximate surface area is 109 Å². The fraction of sp³-hybridized carbons (Fsp3) is 0.400. The number of aromatic amines is 1. The molecule has 3 heteroatoms. The third-order valence-electron chi connectivity index (χ3n) is 3.55. The second-order valence-electron chi connectivity index (χ2n) is 4.99. The van der Waals surface area contributed by atoms with Gasteiger partial charge in [0.2, 0.25) is 0 Å². The predicted molar refractivity (Wildman–Crippen MR) is 74.5 cm³/mol. The lowest BCUT2D eigenvalue weighted by Crippen LogP contribution is -2.22. The van der Waals surface area contributed by atoms with Crippen LogP contribution in [0.15, 0.2) is 30.6 Å². The molecule has 2 N–H and O–H groups in total. The summed E-state index contributed by atoms with van der Waals surface area (Å²) in [7, 11) is 0. The standard InChI is InChI=1S/C15H21N3/c1-10-5-6-14(7-11(10)2)12(3)18-13(4)15-8-16-17-9-15/h5-9,12-13,18H,1-4H3,(H,16,17). The summed E-state index contributed by atoms with van der Waals surface area (Å²) in [6, 6.07) is 7.26. The van der Waals surface area contributed by atoms with Crippen molar-refractivity contribution < 1.29 is 0 Å². The molecule has 0 fully saturated rings. The number of hydrogen-bond donors (Lipinski definition) is 2. The van der Waals surface area contributed by atoms with Gasteiger partial charge in [0.15, 0.2) is 0 Å². The summed E-state index contributed by atoms with van der Waals surface area (Å²) in [5.41, 5.74) is 5.20. The van der Waals surface area contributed by atoms with Gasteiger partial charge in [-0.2, -0.15) is 5.10 Å². The van der Waals surface area contributed by atoms with E-state index in [9.17, 15) is 0 Å². The molecule has 96 valence electrons. The van der Waals surface area contributed by atoms with Crippen molar-refractivity contribution >= 4 is 0 Å². The largest absolute Gasteiger partial charge is 0.304 e. The Balaban J connectivity index is 2.07. The molecule has 0 bridgehead atoms. The van der Waals surface area contributed by atoms with Gasteiger partial charge >= 0.3 is 0 Å². The van der Waals surface area contributed by atoms with Gasteiger partial charge in [0, 0.05) is 23.8 Å². The maximum absolute atomic E-state index is 3.98. The number of rotatable bonds is 4. The molecule has 18 heavy (non-hydrogen) atoms. The molecule has 0 aliphatic carbocycles. The zero-order valence-corrected chi connectivity index (χ0v) is 11.5. The Kier molecular flexibility index (Phi) is 3.82. The van der Waals surface area contributed by atoms with Gasteiger partial charge in [-0.1, -0.05) is 18.2 Å². The lowest BCUT2D eigenvalue weighted by Gasteiger charge is -2.20. The van der Waals surface area contributed by atoms with E-state index in [1.165, 1.54) is 22.3 Å². The Morgan fingerprint density at radius 3 is 2.39 bits per heavy atom. The van der Waals surface area contributed by atoms with Crippen LogP contribution in [0.3, 0.4) is 0 Å². The van der Waals surface area contributed by atoms with Gasteiger partial charge < -0.3 is 5.32 Å². The van der Waals surface area contributed by atoms with Crippen LogP contribution in [0, 0.1) is 13.8 Å². The number of benzene rings is 1. The topological polar surface area (TPSA) is 40.7 Å². The van der Waals surface area contributed by atoms with Crippen LogP contribution in [0.5, 0.6) is 0 Å². The van der Waals surface area contributed by atoms with Crippen molar-refractivity contribution in [3.63, 3.8) is 0 Å². The minimum Gasteiger partial charge on any atom is -0.304 e.